The maximum atomic E-state index is 11.8. The summed E-state index contributed by atoms with van der Waals surface area (Å²) in [6.45, 7) is 1.90. The molecule has 1 rings (SSSR count). The molecular weight excluding hydrogens is 284 g/mol. The summed E-state index contributed by atoms with van der Waals surface area (Å²) < 4.78 is 4.72. The first kappa shape index (κ1) is 16.1. The van der Waals surface area contributed by atoms with Gasteiger partial charge in [0.1, 0.15) is 6.04 Å². The summed E-state index contributed by atoms with van der Waals surface area (Å²) in [7, 11) is 0. The topological polar surface area (TPSA) is 113 Å². The van der Waals surface area contributed by atoms with Gasteiger partial charge in [-0.15, -0.1) is 0 Å². The first-order valence-electron chi connectivity index (χ1n) is 5.79. The highest BCUT2D eigenvalue weighted by molar-refractivity contribution is 8.14. The lowest BCUT2D eigenvalue weighted by Crippen LogP contribution is -2.35. The molecule has 0 saturated heterocycles. The van der Waals surface area contributed by atoms with Crippen LogP contribution in [0.15, 0.2) is 24.3 Å². The molecule has 0 fully saturated rings. The molecule has 0 aliphatic carbocycles. The Morgan fingerprint density at radius 1 is 1.40 bits per heavy atom. The zero-order valence-corrected chi connectivity index (χ0v) is 11.6. The van der Waals surface area contributed by atoms with Crippen LogP contribution in [0, 0.1) is 10.1 Å². The average molecular weight is 298 g/mol. The Hall–Kier alpha value is -1.93. The number of nitro benzene ring substituents is 1. The van der Waals surface area contributed by atoms with Gasteiger partial charge in [-0.25, -0.2) is 0 Å². The van der Waals surface area contributed by atoms with Gasteiger partial charge in [0.2, 0.25) is 5.12 Å². The highest BCUT2D eigenvalue weighted by Crippen LogP contribution is 2.17. The third kappa shape index (κ3) is 4.63. The van der Waals surface area contributed by atoms with Gasteiger partial charge >= 0.3 is 5.97 Å². The second-order valence-electron chi connectivity index (χ2n) is 3.76. The molecule has 0 aliphatic heterocycles. The molecule has 2 N–H and O–H groups in total. The van der Waals surface area contributed by atoms with Crippen LogP contribution >= 0.6 is 11.8 Å². The minimum atomic E-state index is -0.873. The van der Waals surface area contributed by atoms with Gasteiger partial charge in [0, 0.05) is 23.4 Å². The Bertz CT molecular complexity index is 503. The third-order valence-electron chi connectivity index (χ3n) is 2.30. The lowest BCUT2D eigenvalue weighted by molar-refractivity contribution is -0.384. The van der Waals surface area contributed by atoms with Gasteiger partial charge in [0.25, 0.3) is 5.69 Å². The molecule has 0 spiro atoms. The maximum Gasteiger partial charge on any atom is 0.323 e. The molecule has 0 radical (unpaired) electrons. The highest BCUT2D eigenvalue weighted by Gasteiger charge is 2.17. The van der Waals surface area contributed by atoms with E-state index in [-0.39, 0.29) is 23.2 Å². The van der Waals surface area contributed by atoms with Crippen molar-refractivity contribution in [3.05, 3.63) is 39.9 Å². The molecule has 0 saturated carbocycles. The predicted molar refractivity (Wildman–Crippen MR) is 74.5 cm³/mol. The largest absolute Gasteiger partial charge is 0.465 e. The van der Waals surface area contributed by atoms with E-state index in [2.05, 4.69) is 0 Å². The van der Waals surface area contributed by atoms with Crippen molar-refractivity contribution in [3.8, 4) is 0 Å². The van der Waals surface area contributed by atoms with E-state index in [4.69, 9.17) is 10.5 Å². The zero-order valence-electron chi connectivity index (χ0n) is 10.8. The van der Waals surface area contributed by atoms with Crippen molar-refractivity contribution >= 4 is 28.5 Å². The number of nitrogens with zero attached hydrogens (tertiary/aromatic N) is 1. The number of rotatable bonds is 6. The van der Waals surface area contributed by atoms with Crippen LogP contribution in [0.3, 0.4) is 0 Å². The van der Waals surface area contributed by atoms with Crippen molar-refractivity contribution in [1.29, 1.82) is 0 Å². The number of ether oxygens (including phenoxy) is 1. The minimum Gasteiger partial charge on any atom is -0.465 e. The van der Waals surface area contributed by atoms with Gasteiger partial charge in [-0.05, 0) is 19.1 Å². The number of nitrogens with two attached hydrogens (primary N) is 1. The van der Waals surface area contributed by atoms with Gasteiger partial charge in [-0.1, -0.05) is 11.8 Å². The number of hydrogen-bond donors (Lipinski definition) is 1. The van der Waals surface area contributed by atoms with Gasteiger partial charge in [-0.2, -0.15) is 0 Å². The SMILES string of the molecule is CCOC(=O)[C@H](N)CSC(=O)c1ccc([N+](=O)[O-])cc1. The molecule has 7 nitrogen and oxygen atoms in total. The molecular formula is C12H14N2O5S. The number of carbonyl (C=O) groups is 2. The summed E-state index contributed by atoms with van der Waals surface area (Å²) in [4.78, 5) is 33.0. The smallest absolute Gasteiger partial charge is 0.323 e. The van der Waals surface area contributed by atoms with Crippen LogP contribution in [-0.2, 0) is 9.53 Å². The fraction of sp³-hybridized carbons (Fsp3) is 0.333. The molecule has 0 heterocycles. The van der Waals surface area contributed by atoms with Crippen molar-refractivity contribution in [2.24, 2.45) is 5.73 Å². The maximum absolute atomic E-state index is 11.8. The Morgan fingerprint density at radius 3 is 2.50 bits per heavy atom. The molecule has 0 aliphatic rings. The van der Waals surface area contributed by atoms with Gasteiger partial charge in [0.15, 0.2) is 0 Å². The van der Waals surface area contributed by atoms with Crippen LogP contribution in [0.25, 0.3) is 0 Å². The number of thioether (sulfide) groups is 1. The van der Waals surface area contributed by atoms with Crippen molar-refractivity contribution in [1.82, 2.24) is 0 Å². The van der Waals surface area contributed by atoms with Crippen LogP contribution in [0.2, 0.25) is 0 Å². The van der Waals surface area contributed by atoms with Crippen LogP contribution in [0.1, 0.15) is 17.3 Å². The summed E-state index contributed by atoms with van der Waals surface area (Å²) in [6.07, 6.45) is 0. The molecule has 0 unspecified atom stereocenters. The number of carbonyl (C=O) groups excluding carboxylic acids is 2. The lowest BCUT2D eigenvalue weighted by atomic mass is 10.2. The normalized spacial score (nSPS) is 11.7. The van der Waals surface area contributed by atoms with Gasteiger partial charge in [0.05, 0.1) is 11.5 Å². The fourth-order valence-electron chi connectivity index (χ4n) is 1.29. The van der Waals surface area contributed by atoms with E-state index < -0.39 is 16.9 Å². The second-order valence-corrected chi connectivity index (χ2v) is 4.75. The number of benzene rings is 1. The number of hydrogen-bond acceptors (Lipinski definition) is 7. The molecule has 108 valence electrons. The molecule has 0 aromatic heterocycles. The zero-order chi connectivity index (χ0) is 15.1. The lowest BCUT2D eigenvalue weighted by Gasteiger charge is -2.09. The van der Waals surface area contributed by atoms with Crippen molar-refractivity contribution in [3.63, 3.8) is 0 Å². The van der Waals surface area contributed by atoms with Gasteiger partial charge < -0.3 is 10.5 Å². The summed E-state index contributed by atoms with van der Waals surface area (Å²) in [5, 5.41) is 10.2. The molecule has 1 atom stereocenters. The van der Waals surface area contributed by atoms with Crippen LogP contribution in [0.5, 0.6) is 0 Å². The van der Waals surface area contributed by atoms with Crippen LogP contribution < -0.4 is 5.73 Å². The van der Waals surface area contributed by atoms with Crippen LogP contribution in [0.4, 0.5) is 5.69 Å². The first-order valence-corrected chi connectivity index (χ1v) is 6.78. The van der Waals surface area contributed by atoms with Gasteiger partial charge in [-0.3, -0.25) is 19.7 Å². The number of esters is 1. The molecule has 8 heteroatoms. The predicted octanol–water partition coefficient (Wildman–Crippen LogP) is 1.36. The van der Waals surface area contributed by atoms with E-state index in [0.29, 0.717) is 5.56 Å². The Morgan fingerprint density at radius 2 is 2.00 bits per heavy atom. The van der Waals surface area contributed by atoms with E-state index in [9.17, 15) is 19.7 Å². The number of non-ortho nitro benzene ring substituents is 1. The van der Waals surface area contributed by atoms with E-state index >= 15 is 0 Å². The number of nitro groups is 1. The average Bonchev–Trinajstić information content (AvgIpc) is 2.44. The van der Waals surface area contributed by atoms with Crippen molar-refractivity contribution < 1.29 is 19.2 Å². The summed E-state index contributed by atoms with van der Waals surface area (Å²) in [6, 6.07) is 4.35. The summed E-state index contributed by atoms with van der Waals surface area (Å²) in [5.74, 6) is -0.467. The minimum absolute atomic E-state index is 0.0882. The molecule has 0 bridgehead atoms. The van der Waals surface area contributed by atoms with Crippen LogP contribution in [-0.4, -0.2) is 34.4 Å². The summed E-state index contributed by atoms with van der Waals surface area (Å²) >= 11 is 0.871. The van der Waals surface area contributed by atoms with E-state index in [1.807, 2.05) is 0 Å². The van der Waals surface area contributed by atoms with E-state index in [1.54, 1.807) is 6.92 Å². The Labute approximate surface area is 119 Å². The molecule has 1 aromatic carbocycles. The third-order valence-corrected chi connectivity index (χ3v) is 3.32. The standard InChI is InChI=1S/C12H14N2O5S/c1-2-19-11(15)10(13)7-20-12(16)8-3-5-9(6-4-8)14(17)18/h3-6,10H,2,7,13H2,1H3/t10-/m1/s1. The van der Waals surface area contributed by atoms with E-state index in [0.717, 1.165) is 11.8 Å². The highest BCUT2D eigenvalue weighted by atomic mass is 32.2. The first-order chi connectivity index (χ1) is 9.45. The van der Waals surface area contributed by atoms with Crippen molar-refractivity contribution in [2.75, 3.05) is 12.4 Å². The Balaban J connectivity index is 2.54. The Kier molecular flexibility index (Phi) is 6.13. The molecule has 0 amide bonds. The van der Waals surface area contributed by atoms with Crippen molar-refractivity contribution in [2.45, 2.75) is 13.0 Å². The molecule has 20 heavy (non-hydrogen) atoms. The van der Waals surface area contributed by atoms with E-state index in [1.165, 1.54) is 24.3 Å². The quantitative estimate of drug-likeness (QED) is 0.479. The fourth-order valence-corrected chi connectivity index (χ4v) is 2.06. The second kappa shape index (κ2) is 7.61. The molecule has 1 aromatic rings. The summed E-state index contributed by atoms with van der Waals surface area (Å²) in [5.41, 5.74) is 5.78. The monoisotopic (exact) mass is 298 g/mol.